The van der Waals surface area contributed by atoms with Crippen LogP contribution >= 0.6 is 11.6 Å². The monoisotopic (exact) mass is 470 g/mol. The fraction of sp³-hybridized carbons (Fsp3) is 0.185. The number of benzene rings is 3. The van der Waals surface area contributed by atoms with Gasteiger partial charge in [0.1, 0.15) is 18.4 Å². The highest BCUT2D eigenvalue weighted by molar-refractivity contribution is 6.31. The number of para-hydroxylation sites is 1. The van der Waals surface area contributed by atoms with E-state index in [2.05, 4.69) is 33.0 Å². The Bertz CT molecular complexity index is 1290. The molecule has 0 bridgehead atoms. The molecular formula is C27H23ClN4O2. The molecule has 6 nitrogen and oxygen atoms in total. The number of nitriles is 1. The molecule has 0 spiro atoms. The van der Waals surface area contributed by atoms with Crippen molar-refractivity contribution in [1.82, 2.24) is 4.98 Å². The van der Waals surface area contributed by atoms with Crippen molar-refractivity contribution >= 4 is 23.2 Å². The zero-order valence-corrected chi connectivity index (χ0v) is 19.3. The lowest BCUT2D eigenvalue weighted by Crippen LogP contribution is -2.46. The van der Waals surface area contributed by atoms with Crippen molar-refractivity contribution in [3.8, 4) is 23.3 Å². The summed E-state index contributed by atoms with van der Waals surface area (Å²) in [7, 11) is 0. The molecule has 1 aliphatic rings. The molecule has 0 atom stereocenters. The normalized spacial score (nSPS) is 13.5. The summed E-state index contributed by atoms with van der Waals surface area (Å²) < 4.78 is 11.9. The summed E-state index contributed by atoms with van der Waals surface area (Å²) >= 11 is 6.20. The van der Waals surface area contributed by atoms with Crippen molar-refractivity contribution in [2.45, 2.75) is 6.61 Å². The minimum atomic E-state index is 0.308. The van der Waals surface area contributed by atoms with Crippen LogP contribution in [0.15, 0.2) is 83.3 Å². The average molecular weight is 471 g/mol. The Hall–Kier alpha value is -3.95. The number of aromatic nitrogens is 1. The van der Waals surface area contributed by atoms with Crippen molar-refractivity contribution < 1.29 is 9.15 Å². The van der Waals surface area contributed by atoms with Gasteiger partial charge in [0, 0.05) is 48.0 Å². The number of oxazole rings is 1. The maximum atomic E-state index is 9.64. The number of piperazine rings is 1. The van der Waals surface area contributed by atoms with Gasteiger partial charge >= 0.3 is 0 Å². The second-order valence-electron chi connectivity index (χ2n) is 8.00. The van der Waals surface area contributed by atoms with Crippen LogP contribution in [0.4, 0.5) is 11.6 Å². The molecule has 0 unspecified atom stereocenters. The number of ether oxygens (including phenoxy) is 1. The number of anilines is 2. The number of hydrogen-bond donors (Lipinski definition) is 0. The number of rotatable bonds is 6. The minimum Gasteiger partial charge on any atom is -0.489 e. The van der Waals surface area contributed by atoms with Gasteiger partial charge in [0.25, 0.3) is 0 Å². The van der Waals surface area contributed by atoms with E-state index < -0.39 is 0 Å². The van der Waals surface area contributed by atoms with Gasteiger partial charge in [0.15, 0.2) is 0 Å². The topological polar surface area (TPSA) is 65.5 Å². The molecular weight excluding hydrogens is 448 g/mol. The van der Waals surface area contributed by atoms with Crippen LogP contribution < -0.4 is 14.5 Å². The van der Waals surface area contributed by atoms with Gasteiger partial charge in [-0.2, -0.15) is 10.2 Å². The molecule has 2 heterocycles. The van der Waals surface area contributed by atoms with E-state index in [1.54, 1.807) is 0 Å². The summed E-state index contributed by atoms with van der Waals surface area (Å²) in [5.74, 6) is 1.67. The van der Waals surface area contributed by atoms with Crippen LogP contribution in [-0.2, 0) is 6.61 Å². The molecule has 0 aliphatic carbocycles. The Balaban J connectivity index is 1.26. The summed E-state index contributed by atoms with van der Waals surface area (Å²) in [5, 5.41) is 10.3. The highest BCUT2D eigenvalue weighted by Crippen LogP contribution is 2.30. The number of hydrogen-bond acceptors (Lipinski definition) is 6. The molecule has 4 aromatic rings. The predicted molar refractivity (Wildman–Crippen MR) is 133 cm³/mol. The van der Waals surface area contributed by atoms with Crippen LogP contribution in [0.5, 0.6) is 5.75 Å². The summed E-state index contributed by atoms with van der Waals surface area (Å²) in [4.78, 5) is 8.87. The molecule has 0 N–H and O–H groups in total. The van der Waals surface area contributed by atoms with Crippen molar-refractivity contribution in [2.75, 3.05) is 36.0 Å². The first-order chi connectivity index (χ1) is 16.7. The quantitative estimate of drug-likeness (QED) is 0.356. The van der Waals surface area contributed by atoms with Crippen LogP contribution in [0.1, 0.15) is 11.3 Å². The second-order valence-corrected chi connectivity index (χ2v) is 8.41. The van der Waals surface area contributed by atoms with Crippen LogP contribution in [0, 0.1) is 11.3 Å². The van der Waals surface area contributed by atoms with Crippen molar-refractivity contribution in [2.24, 2.45) is 0 Å². The van der Waals surface area contributed by atoms with Crippen molar-refractivity contribution in [3.63, 3.8) is 0 Å². The summed E-state index contributed by atoms with van der Waals surface area (Å²) in [5.41, 5.74) is 3.23. The lowest BCUT2D eigenvalue weighted by Gasteiger charge is -2.35. The summed E-state index contributed by atoms with van der Waals surface area (Å²) in [6.07, 6.45) is 0. The first-order valence-corrected chi connectivity index (χ1v) is 11.5. The predicted octanol–water partition coefficient (Wildman–Crippen LogP) is 5.77. The maximum Gasteiger partial charge on any atom is 0.235 e. The molecule has 1 fully saturated rings. The fourth-order valence-corrected chi connectivity index (χ4v) is 4.19. The van der Waals surface area contributed by atoms with E-state index in [-0.39, 0.29) is 0 Å². The molecule has 5 rings (SSSR count). The van der Waals surface area contributed by atoms with Crippen LogP contribution in [0.25, 0.3) is 11.5 Å². The second kappa shape index (κ2) is 9.90. The Morgan fingerprint density at radius 3 is 2.26 bits per heavy atom. The molecule has 0 radical (unpaired) electrons. The fourth-order valence-electron chi connectivity index (χ4n) is 4.00. The SMILES string of the molecule is N#Cc1nc(-c2ccc(OCc3ccccc3Cl)cc2)oc1N1CCN(c2ccccc2)CC1. The van der Waals surface area contributed by atoms with E-state index in [4.69, 9.17) is 20.8 Å². The highest BCUT2D eigenvalue weighted by Gasteiger charge is 2.24. The van der Waals surface area contributed by atoms with E-state index in [9.17, 15) is 5.26 Å². The molecule has 3 aromatic carbocycles. The van der Waals surface area contributed by atoms with Gasteiger partial charge in [0.05, 0.1) is 0 Å². The first-order valence-electron chi connectivity index (χ1n) is 11.1. The zero-order valence-electron chi connectivity index (χ0n) is 18.5. The molecule has 1 saturated heterocycles. The van der Waals surface area contributed by atoms with Gasteiger partial charge in [-0.05, 0) is 42.5 Å². The number of halogens is 1. The van der Waals surface area contributed by atoms with E-state index in [0.29, 0.717) is 34.8 Å². The molecule has 170 valence electrons. The van der Waals surface area contributed by atoms with E-state index in [1.807, 2.05) is 66.7 Å². The molecule has 1 aliphatic heterocycles. The van der Waals surface area contributed by atoms with Gasteiger partial charge in [-0.15, -0.1) is 0 Å². The first kappa shape index (κ1) is 21.9. The van der Waals surface area contributed by atoms with Gasteiger partial charge in [-0.25, -0.2) is 0 Å². The Morgan fingerprint density at radius 2 is 1.56 bits per heavy atom. The largest absolute Gasteiger partial charge is 0.489 e. The van der Waals surface area contributed by atoms with Crippen molar-refractivity contribution in [1.29, 1.82) is 5.26 Å². The Morgan fingerprint density at radius 1 is 0.882 bits per heavy atom. The standard InChI is InChI=1S/C27H23ClN4O2/c28-24-9-5-4-6-21(24)19-33-23-12-10-20(11-13-23)26-30-25(18-29)27(34-26)32-16-14-31(15-17-32)22-7-2-1-3-8-22/h1-13H,14-17,19H2. The van der Waals surface area contributed by atoms with Crippen LogP contribution in [-0.4, -0.2) is 31.2 Å². The molecule has 34 heavy (non-hydrogen) atoms. The van der Waals surface area contributed by atoms with Crippen LogP contribution in [0.2, 0.25) is 5.02 Å². The molecule has 1 aromatic heterocycles. The average Bonchev–Trinajstić information content (AvgIpc) is 3.34. The minimum absolute atomic E-state index is 0.308. The van der Waals surface area contributed by atoms with Gasteiger partial charge < -0.3 is 19.0 Å². The van der Waals surface area contributed by atoms with E-state index in [0.717, 1.165) is 37.3 Å². The van der Waals surface area contributed by atoms with Gasteiger partial charge in [-0.3, -0.25) is 0 Å². The molecule has 7 heteroatoms. The van der Waals surface area contributed by atoms with E-state index in [1.165, 1.54) is 5.69 Å². The maximum absolute atomic E-state index is 9.64. The summed E-state index contributed by atoms with van der Waals surface area (Å²) in [6, 6.07) is 27.6. The smallest absolute Gasteiger partial charge is 0.235 e. The summed E-state index contributed by atoms with van der Waals surface area (Å²) in [6.45, 7) is 3.60. The van der Waals surface area contributed by atoms with Gasteiger partial charge in [-0.1, -0.05) is 48.0 Å². The Labute approximate surface area is 203 Å². The highest BCUT2D eigenvalue weighted by atomic mass is 35.5. The molecule has 0 saturated carbocycles. The van der Waals surface area contributed by atoms with Crippen molar-refractivity contribution in [3.05, 3.63) is 95.1 Å². The zero-order chi connectivity index (χ0) is 23.3. The lowest BCUT2D eigenvalue weighted by atomic mass is 10.2. The third kappa shape index (κ3) is 4.70. The lowest BCUT2D eigenvalue weighted by molar-refractivity contribution is 0.306. The third-order valence-corrected chi connectivity index (χ3v) is 6.23. The van der Waals surface area contributed by atoms with Crippen LogP contribution in [0.3, 0.4) is 0 Å². The Kier molecular flexibility index (Phi) is 6.37. The molecule has 0 amide bonds. The third-order valence-electron chi connectivity index (χ3n) is 5.86. The van der Waals surface area contributed by atoms with Gasteiger partial charge in [0.2, 0.25) is 17.5 Å². The number of nitrogens with zero attached hydrogens (tertiary/aromatic N) is 4. The van der Waals surface area contributed by atoms with E-state index >= 15 is 0 Å².